The summed E-state index contributed by atoms with van der Waals surface area (Å²) in [4.78, 5) is 22.5. The van der Waals surface area contributed by atoms with Gasteiger partial charge in [-0.1, -0.05) is 33.3 Å². The highest BCUT2D eigenvalue weighted by Gasteiger charge is 2.34. The molecule has 0 saturated heterocycles. The second-order valence-corrected chi connectivity index (χ2v) is 8.21. The Hall–Kier alpha value is -0.970. The van der Waals surface area contributed by atoms with E-state index in [1.165, 1.54) is 44.6 Å². The van der Waals surface area contributed by atoms with Gasteiger partial charge in [-0.3, -0.25) is 4.79 Å². The van der Waals surface area contributed by atoms with Crippen molar-refractivity contribution in [1.29, 1.82) is 0 Å². The summed E-state index contributed by atoms with van der Waals surface area (Å²) in [5.41, 5.74) is -0.318. The third-order valence-corrected chi connectivity index (χ3v) is 6.17. The van der Waals surface area contributed by atoms with Gasteiger partial charge in [-0.05, 0) is 64.2 Å². The maximum Gasteiger partial charge on any atom is 0.330 e. The molecule has 27 heavy (non-hydrogen) atoms. The highest BCUT2D eigenvalue weighted by Crippen LogP contribution is 2.35. The van der Waals surface area contributed by atoms with Gasteiger partial charge in [0.25, 0.3) is 0 Å². The number of hydrogen-bond acceptors (Lipinski definition) is 5. The first-order chi connectivity index (χ1) is 12.9. The summed E-state index contributed by atoms with van der Waals surface area (Å²) >= 11 is 4.03. The average Bonchev–Trinajstić information content (AvgIpc) is 2.70. The topological polar surface area (TPSA) is 52.6 Å². The molecule has 2 aliphatic rings. The largest absolute Gasteiger partial charge is 0.459 e. The predicted molar refractivity (Wildman–Crippen MR) is 113 cm³/mol. The van der Waals surface area contributed by atoms with Gasteiger partial charge in [-0.25, -0.2) is 4.79 Å². The lowest BCUT2D eigenvalue weighted by Crippen LogP contribution is -2.36. The highest BCUT2D eigenvalue weighted by molar-refractivity contribution is 7.80. The van der Waals surface area contributed by atoms with Gasteiger partial charge < -0.3 is 9.47 Å². The molecule has 0 aliphatic heterocycles. The van der Waals surface area contributed by atoms with E-state index in [9.17, 15) is 9.59 Å². The van der Waals surface area contributed by atoms with Gasteiger partial charge in [0.2, 0.25) is 0 Å². The van der Waals surface area contributed by atoms with E-state index in [0.29, 0.717) is 12.2 Å². The Balaban J connectivity index is 0.000000271. The lowest BCUT2D eigenvalue weighted by molar-refractivity contribution is -0.163. The van der Waals surface area contributed by atoms with Crippen LogP contribution < -0.4 is 0 Å². The first kappa shape index (κ1) is 24.1. The highest BCUT2D eigenvalue weighted by atomic mass is 32.1. The van der Waals surface area contributed by atoms with Crippen LogP contribution in [-0.2, 0) is 19.1 Å². The SMILES string of the molecule is C=CC(=O)OC1(CC)CCCCC1.CCC1(OC(=O)CCS)CCCCC1. The van der Waals surface area contributed by atoms with Gasteiger partial charge in [0.05, 0.1) is 6.42 Å². The first-order valence-corrected chi connectivity index (χ1v) is 11.3. The Labute approximate surface area is 170 Å². The molecule has 0 aromatic heterocycles. The van der Waals surface area contributed by atoms with E-state index in [-0.39, 0.29) is 23.1 Å². The van der Waals surface area contributed by atoms with E-state index in [1.54, 1.807) is 0 Å². The molecule has 0 amide bonds. The van der Waals surface area contributed by atoms with Crippen molar-refractivity contribution in [3.8, 4) is 0 Å². The van der Waals surface area contributed by atoms with Crippen LogP contribution in [-0.4, -0.2) is 28.9 Å². The minimum Gasteiger partial charge on any atom is -0.459 e. The first-order valence-electron chi connectivity index (χ1n) is 10.6. The summed E-state index contributed by atoms with van der Waals surface area (Å²) in [6, 6.07) is 0. The second kappa shape index (κ2) is 12.5. The van der Waals surface area contributed by atoms with Gasteiger partial charge in [-0.15, -0.1) is 0 Å². The number of thiol groups is 1. The molecule has 0 spiro atoms. The molecule has 2 aliphatic carbocycles. The summed E-state index contributed by atoms with van der Waals surface area (Å²) in [6.45, 7) is 7.61. The van der Waals surface area contributed by atoms with E-state index in [0.717, 1.165) is 38.5 Å². The fourth-order valence-electron chi connectivity index (χ4n) is 4.09. The molecule has 2 saturated carbocycles. The Morgan fingerprint density at radius 2 is 1.33 bits per heavy atom. The van der Waals surface area contributed by atoms with E-state index >= 15 is 0 Å². The van der Waals surface area contributed by atoms with Crippen molar-refractivity contribution in [2.45, 2.75) is 109 Å². The monoisotopic (exact) mass is 398 g/mol. The molecule has 2 fully saturated rings. The van der Waals surface area contributed by atoms with Crippen LogP contribution >= 0.6 is 12.6 Å². The van der Waals surface area contributed by atoms with Gasteiger partial charge in [0, 0.05) is 11.8 Å². The maximum atomic E-state index is 11.4. The van der Waals surface area contributed by atoms with Crippen LogP contribution in [0.4, 0.5) is 0 Å². The maximum absolute atomic E-state index is 11.4. The Morgan fingerprint density at radius 3 is 1.70 bits per heavy atom. The van der Waals surface area contributed by atoms with Crippen LogP contribution in [0.5, 0.6) is 0 Å². The quantitative estimate of drug-likeness (QED) is 0.335. The van der Waals surface area contributed by atoms with Crippen molar-refractivity contribution in [3.63, 3.8) is 0 Å². The zero-order chi connectivity index (χ0) is 20.2. The Kier molecular flexibility index (Phi) is 11.1. The number of rotatable bonds is 7. The fraction of sp³-hybridized carbons (Fsp3) is 0.818. The molecule has 4 nitrogen and oxygen atoms in total. The molecule has 5 heteroatoms. The van der Waals surface area contributed by atoms with Crippen LogP contribution in [0.3, 0.4) is 0 Å². The minimum absolute atomic E-state index is 0.0799. The van der Waals surface area contributed by atoms with E-state index in [4.69, 9.17) is 9.47 Å². The number of carbonyl (C=O) groups is 2. The Morgan fingerprint density at radius 1 is 0.889 bits per heavy atom. The van der Waals surface area contributed by atoms with Gasteiger partial charge >= 0.3 is 11.9 Å². The van der Waals surface area contributed by atoms with Crippen LogP contribution in [0.25, 0.3) is 0 Å². The second-order valence-electron chi connectivity index (χ2n) is 7.77. The van der Waals surface area contributed by atoms with Crippen molar-refractivity contribution >= 4 is 24.6 Å². The number of ether oxygens (including phenoxy) is 2. The third-order valence-electron chi connectivity index (χ3n) is 5.95. The van der Waals surface area contributed by atoms with Crippen LogP contribution in [0.15, 0.2) is 12.7 Å². The molecule has 0 aromatic carbocycles. The molecule has 156 valence electrons. The van der Waals surface area contributed by atoms with Crippen LogP contribution in [0.2, 0.25) is 0 Å². The molecule has 0 radical (unpaired) electrons. The Bertz CT molecular complexity index is 463. The van der Waals surface area contributed by atoms with Crippen molar-refractivity contribution in [2.24, 2.45) is 0 Å². The minimum atomic E-state index is -0.274. The molecule has 0 heterocycles. The molecule has 0 atom stereocenters. The van der Waals surface area contributed by atoms with Gasteiger partial charge in [0.1, 0.15) is 11.2 Å². The van der Waals surface area contributed by atoms with E-state index in [2.05, 4.69) is 33.1 Å². The fourth-order valence-corrected chi connectivity index (χ4v) is 4.27. The zero-order valence-electron chi connectivity index (χ0n) is 17.3. The lowest BCUT2D eigenvalue weighted by atomic mass is 9.83. The third kappa shape index (κ3) is 8.28. The smallest absolute Gasteiger partial charge is 0.330 e. The summed E-state index contributed by atoms with van der Waals surface area (Å²) < 4.78 is 11.0. The molecule has 0 bridgehead atoms. The lowest BCUT2D eigenvalue weighted by Gasteiger charge is -2.36. The molecule has 0 N–H and O–H groups in total. The van der Waals surface area contributed by atoms with Crippen molar-refractivity contribution in [2.75, 3.05) is 5.75 Å². The van der Waals surface area contributed by atoms with E-state index < -0.39 is 0 Å². The normalized spacial score (nSPS) is 20.6. The summed E-state index contributed by atoms with van der Waals surface area (Å²) in [6.07, 6.45) is 15.0. The summed E-state index contributed by atoms with van der Waals surface area (Å²) in [5.74, 6) is 0.228. The number of esters is 2. The van der Waals surface area contributed by atoms with Crippen molar-refractivity contribution in [3.05, 3.63) is 12.7 Å². The predicted octanol–water partition coefficient (Wildman–Crippen LogP) is 5.79. The molecule has 0 aromatic rings. The molecule has 2 rings (SSSR count). The molecular weight excluding hydrogens is 360 g/mol. The average molecular weight is 399 g/mol. The standard InChI is InChI=1S/C11H20O2S.C11H18O2/c1-2-11(7-4-3-5-8-11)13-10(12)6-9-14;1-3-10(12)13-11(4-2)8-6-5-7-9-11/h14H,2-9H2,1H3;3H,1,4-9H2,2H3. The van der Waals surface area contributed by atoms with Gasteiger partial charge in [-0.2, -0.15) is 12.6 Å². The van der Waals surface area contributed by atoms with Crippen LogP contribution in [0, 0.1) is 0 Å². The summed E-state index contributed by atoms with van der Waals surface area (Å²) in [7, 11) is 0. The van der Waals surface area contributed by atoms with Crippen LogP contribution in [0.1, 0.15) is 97.3 Å². The molecular formula is C22H38O4S. The van der Waals surface area contributed by atoms with Crippen molar-refractivity contribution < 1.29 is 19.1 Å². The van der Waals surface area contributed by atoms with E-state index in [1.807, 2.05) is 0 Å². The van der Waals surface area contributed by atoms with Crippen molar-refractivity contribution in [1.82, 2.24) is 0 Å². The molecule has 0 unspecified atom stereocenters. The zero-order valence-corrected chi connectivity index (χ0v) is 18.2. The number of carbonyl (C=O) groups excluding carboxylic acids is 2. The summed E-state index contributed by atoms with van der Waals surface area (Å²) in [5, 5.41) is 0. The van der Waals surface area contributed by atoms with Gasteiger partial charge in [0.15, 0.2) is 0 Å². The number of hydrogen-bond donors (Lipinski definition) is 1.